The Labute approximate surface area is 188 Å². The summed E-state index contributed by atoms with van der Waals surface area (Å²) in [5.41, 5.74) is 1.69. The normalized spacial score (nSPS) is 15.1. The van der Waals surface area contributed by atoms with Gasteiger partial charge in [0.05, 0.1) is 20.6 Å². The van der Waals surface area contributed by atoms with E-state index in [1.165, 1.54) is 19.2 Å². The molecule has 7 nitrogen and oxygen atoms in total. The van der Waals surface area contributed by atoms with E-state index in [-0.39, 0.29) is 28.9 Å². The highest BCUT2D eigenvalue weighted by molar-refractivity contribution is 5.93. The van der Waals surface area contributed by atoms with Crippen LogP contribution in [0.1, 0.15) is 23.5 Å². The molecule has 3 aromatic carbocycles. The molecule has 7 heteroatoms. The number of esters is 1. The maximum absolute atomic E-state index is 13.0. The molecule has 1 atom stereocenters. The zero-order chi connectivity index (χ0) is 23.1. The number of carbonyl (C=O) groups excluding carboxylic acids is 1. The number of carbonyl (C=O) groups is 1. The fourth-order valence-electron chi connectivity index (χ4n) is 4.28. The highest BCUT2D eigenvalue weighted by atomic mass is 16.5. The van der Waals surface area contributed by atoms with Crippen molar-refractivity contribution in [3.8, 4) is 34.3 Å². The molecule has 0 amide bonds. The van der Waals surface area contributed by atoms with Crippen molar-refractivity contribution < 1.29 is 28.5 Å². The lowest BCUT2D eigenvalue weighted by Crippen LogP contribution is -2.22. The Bertz CT molecular complexity index is 1440. The van der Waals surface area contributed by atoms with Gasteiger partial charge >= 0.3 is 5.97 Å². The maximum atomic E-state index is 13.0. The monoisotopic (exact) mass is 444 g/mol. The molecule has 1 N–H and O–H groups in total. The molecule has 4 aromatic rings. The molecule has 0 fully saturated rings. The van der Waals surface area contributed by atoms with Crippen molar-refractivity contribution in [1.82, 2.24) is 0 Å². The van der Waals surface area contributed by atoms with Crippen LogP contribution in [0.3, 0.4) is 0 Å². The SMILES string of the molecule is COc1ccc([C@H]2CC(=O)Oc3cc(O)c4c(=O)cc(-c5ccccc5)oc4c32)c(OC)c1. The van der Waals surface area contributed by atoms with Crippen LogP contribution in [0.4, 0.5) is 0 Å². The molecule has 33 heavy (non-hydrogen) atoms. The van der Waals surface area contributed by atoms with Crippen LogP contribution in [0.2, 0.25) is 0 Å². The molecule has 0 saturated heterocycles. The second kappa shape index (κ2) is 8.02. The van der Waals surface area contributed by atoms with Crippen LogP contribution in [0.25, 0.3) is 22.3 Å². The summed E-state index contributed by atoms with van der Waals surface area (Å²) < 4.78 is 22.5. The largest absolute Gasteiger partial charge is 0.507 e. The fraction of sp³-hybridized carbons (Fsp3) is 0.154. The summed E-state index contributed by atoms with van der Waals surface area (Å²) in [6.45, 7) is 0. The van der Waals surface area contributed by atoms with E-state index in [1.54, 1.807) is 19.2 Å². The Morgan fingerprint density at radius 3 is 2.48 bits per heavy atom. The summed E-state index contributed by atoms with van der Waals surface area (Å²) in [5.74, 6) is 0.300. The zero-order valence-electron chi connectivity index (χ0n) is 18.0. The van der Waals surface area contributed by atoms with Gasteiger partial charge in [0.2, 0.25) is 0 Å². The summed E-state index contributed by atoms with van der Waals surface area (Å²) in [6.07, 6.45) is 0.00877. The average Bonchev–Trinajstić information content (AvgIpc) is 2.83. The highest BCUT2D eigenvalue weighted by Gasteiger charge is 2.35. The molecule has 1 aromatic heterocycles. The third-order valence-corrected chi connectivity index (χ3v) is 5.80. The first kappa shape index (κ1) is 20.6. The van der Waals surface area contributed by atoms with Gasteiger partial charge in [0, 0.05) is 40.8 Å². The molecule has 2 heterocycles. The molecule has 0 aliphatic carbocycles. The summed E-state index contributed by atoms with van der Waals surface area (Å²) in [5, 5.41) is 10.6. The Hall–Kier alpha value is -4.26. The number of aromatic hydroxyl groups is 1. The molecule has 0 bridgehead atoms. The first-order valence-corrected chi connectivity index (χ1v) is 10.3. The van der Waals surface area contributed by atoms with E-state index in [0.29, 0.717) is 33.9 Å². The van der Waals surface area contributed by atoms with E-state index in [9.17, 15) is 14.7 Å². The van der Waals surface area contributed by atoms with Gasteiger partial charge in [-0.2, -0.15) is 0 Å². The third-order valence-electron chi connectivity index (χ3n) is 5.80. The van der Waals surface area contributed by atoms with Crippen molar-refractivity contribution in [3.63, 3.8) is 0 Å². The van der Waals surface area contributed by atoms with Gasteiger partial charge < -0.3 is 23.7 Å². The minimum atomic E-state index is -0.528. The van der Waals surface area contributed by atoms with Crippen molar-refractivity contribution in [2.45, 2.75) is 12.3 Å². The second-order valence-electron chi connectivity index (χ2n) is 7.69. The maximum Gasteiger partial charge on any atom is 0.312 e. The van der Waals surface area contributed by atoms with Crippen molar-refractivity contribution in [1.29, 1.82) is 0 Å². The van der Waals surface area contributed by atoms with Gasteiger partial charge in [0.25, 0.3) is 0 Å². The number of phenolic OH excluding ortho intramolecular Hbond substituents is 1. The summed E-state index contributed by atoms with van der Waals surface area (Å²) in [4.78, 5) is 25.5. The molecule has 0 saturated carbocycles. The number of hydrogen-bond acceptors (Lipinski definition) is 7. The van der Waals surface area contributed by atoms with Gasteiger partial charge in [-0.3, -0.25) is 9.59 Å². The highest BCUT2D eigenvalue weighted by Crippen LogP contribution is 2.48. The molecule has 0 unspecified atom stereocenters. The van der Waals surface area contributed by atoms with Crippen molar-refractivity contribution in [3.05, 3.63) is 82.0 Å². The van der Waals surface area contributed by atoms with Gasteiger partial charge in [-0.25, -0.2) is 0 Å². The van der Waals surface area contributed by atoms with Gasteiger partial charge in [-0.05, 0) is 6.07 Å². The van der Waals surface area contributed by atoms with E-state index in [0.717, 1.165) is 0 Å². The van der Waals surface area contributed by atoms with Gasteiger partial charge in [0.15, 0.2) is 5.43 Å². The van der Waals surface area contributed by atoms with E-state index in [2.05, 4.69) is 0 Å². The second-order valence-corrected chi connectivity index (χ2v) is 7.69. The molecular weight excluding hydrogens is 424 g/mol. The lowest BCUT2D eigenvalue weighted by molar-refractivity contribution is -0.135. The van der Waals surface area contributed by atoms with Crippen molar-refractivity contribution in [2.24, 2.45) is 0 Å². The van der Waals surface area contributed by atoms with Crippen LogP contribution in [0.15, 0.2) is 69.9 Å². The topological polar surface area (TPSA) is 95.2 Å². The zero-order valence-corrected chi connectivity index (χ0v) is 18.0. The molecule has 1 aliphatic rings. The van der Waals surface area contributed by atoms with Gasteiger partial charge in [-0.1, -0.05) is 36.4 Å². The number of ether oxygens (including phenoxy) is 3. The standard InChI is InChI=1S/C26H20O7/c1-30-15-8-9-16(21(10-15)31-2)17-11-23(29)32-22-13-19(28)25-18(27)12-20(33-26(25)24(17)22)14-6-4-3-5-7-14/h3-10,12-13,17,28H,11H2,1-2H3/t17-/m1/s1. The lowest BCUT2D eigenvalue weighted by atomic mass is 9.84. The number of rotatable bonds is 4. The van der Waals surface area contributed by atoms with Crippen molar-refractivity contribution in [2.75, 3.05) is 14.2 Å². The summed E-state index contributed by atoms with van der Waals surface area (Å²) in [7, 11) is 3.08. The number of phenols is 1. The minimum absolute atomic E-state index is 0.00877. The first-order valence-electron chi connectivity index (χ1n) is 10.3. The smallest absolute Gasteiger partial charge is 0.312 e. The quantitative estimate of drug-likeness (QED) is 0.362. The number of hydrogen-bond donors (Lipinski definition) is 1. The first-order chi connectivity index (χ1) is 16.0. The van der Waals surface area contributed by atoms with Crippen molar-refractivity contribution >= 4 is 16.9 Å². The van der Waals surface area contributed by atoms with Crippen LogP contribution in [-0.4, -0.2) is 25.3 Å². The number of benzene rings is 3. The molecule has 166 valence electrons. The molecule has 0 radical (unpaired) electrons. The Morgan fingerprint density at radius 1 is 0.970 bits per heavy atom. The van der Waals surface area contributed by atoms with Crippen LogP contribution in [0, 0.1) is 0 Å². The summed E-state index contributed by atoms with van der Waals surface area (Å²) in [6, 6.07) is 17.1. The molecular formula is C26H20O7. The molecule has 1 aliphatic heterocycles. The lowest BCUT2D eigenvalue weighted by Gasteiger charge is -2.27. The van der Waals surface area contributed by atoms with E-state index < -0.39 is 17.3 Å². The van der Waals surface area contributed by atoms with Crippen LogP contribution in [0.5, 0.6) is 23.0 Å². The van der Waals surface area contributed by atoms with Crippen LogP contribution in [-0.2, 0) is 4.79 Å². The molecule has 5 rings (SSSR count). The number of methoxy groups -OCH3 is 2. The van der Waals surface area contributed by atoms with Gasteiger partial charge in [0.1, 0.15) is 39.7 Å². The van der Waals surface area contributed by atoms with Crippen LogP contribution >= 0.6 is 0 Å². The minimum Gasteiger partial charge on any atom is -0.507 e. The predicted octanol–water partition coefficient (Wildman–Crippen LogP) is 4.62. The van der Waals surface area contributed by atoms with Gasteiger partial charge in [-0.15, -0.1) is 0 Å². The Morgan fingerprint density at radius 2 is 1.76 bits per heavy atom. The van der Waals surface area contributed by atoms with E-state index in [1.807, 2.05) is 36.4 Å². The van der Waals surface area contributed by atoms with E-state index in [4.69, 9.17) is 18.6 Å². The third kappa shape index (κ3) is 3.47. The fourth-order valence-corrected chi connectivity index (χ4v) is 4.28. The Kier molecular flexibility index (Phi) is 5.01. The summed E-state index contributed by atoms with van der Waals surface area (Å²) >= 11 is 0. The predicted molar refractivity (Wildman–Crippen MR) is 121 cm³/mol. The Balaban J connectivity index is 1.82. The average molecular weight is 444 g/mol. The number of fused-ring (bicyclic) bond motifs is 3. The van der Waals surface area contributed by atoms with Crippen LogP contribution < -0.4 is 19.6 Å². The van der Waals surface area contributed by atoms with E-state index >= 15 is 0 Å². The molecule has 0 spiro atoms.